The van der Waals surface area contributed by atoms with Gasteiger partial charge in [0.05, 0.1) is 11.9 Å². The number of benzene rings is 1. The van der Waals surface area contributed by atoms with Gasteiger partial charge in [-0.25, -0.2) is 8.42 Å². The molecule has 0 heterocycles. The lowest BCUT2D eigenvalue weighted by Gasteiger charge is -2.28. The van der Waals surface area contributed by atoms with Crippen LogP contribution in [0, 0.1) is 6.92 Å². The lowest BCUT2D eigenvalue weighted by Crippen LogP contribution is -2.47. The van der Waals surface area contributed by atoms with E-state index in [0.29, 0.717) is 5.69 Å². The highest BCUT2D eigenvalue weighted by Gasteiger charge is 2.28. The molecular formula is C12H18N2O3S. The fraction of sp³-hybridized carbons (Fsp3) is 0.417. The van der Waals surface area contributed by atoms with Gasteiger partial charge >= 0.3 is 0 Å². The van der Waals surface area contributed by atoms with Crippen molar-refractivity contribution >= 4 is 21.6 Å². The zero-order valence-corrected chi connectivity index (χ0v) is 11.8. The minimum Gasteiger partial charge on any atom is -0.357 e. The Kier molecular flexibility index (Phi) is 4.34. The minimum absolute atomic E-state index is 0.345. The number of rotatable bonds is 4. The Morgan fingerprint density at radius 2 is 2.00 bits per heavy atom. The molecule has 0 bridgehead atoms. The molecular weight excluding hydrogens is 252 g/mol. The van der Waals surface area contributed by atoms with Crippen molar-refractivity contribution in [3.8, 4) is 0 Å². The fourth-order valence-electron chi connectivity index (χ4n) is 1.78. The average Bonchev–Trinajstić information content (AvgIpc) is 2.26. The summed E-state index contributed by atoms with van der Waals surface area (Å²) in [5.74, 6) is -0.345. The van der Waals surface area contributed by atoms with Crippen LogP contribution in [0.15, 0.2) is 24.3 Å². The highest BCUT2D eigenvalue weighted by molar-refractivity contribution is 7.92. The maximum absolute atomic E-state index is 11.9. The van der Waals surface area contributed by atoms with E-state index in [9.17, 15) is 13.2 Å². The third-order valence-electron chi connectivity index (χ3n) is 2.59. The largest absolute Gasteiger partial charge is 0.357 e. The Morgan fingerprint density at radius 1 is 1.39 bits per heavy atom. The summed E-state index contributed by atoms with van der Waals surface area (Å²) in [7, 11) is -2.03. The van der Waals surface area contributed by atoms with Gasteiger partial charge in [0.25, 0.3) is 0 Å². The summed E-state index contributed by atoms with van der Waals surface area (Å²) in [4.78, 5) is 11.6. The van der Waals surface area contributed by atoms with E-state index in [4.69, 9.17) is 0 Å². The molecule has 100 valence electrons. The molecule has 6 heteroatoms. The van der Waals surface area contributed by atoms with Gasteiger partial charge in [-0.15, -0.1) is 0 Å². The summed E-state index contributed by atoms with van der Waals surface area (Å²) >= 11 is 0. The maximum atomic E-state index is 11.9. The van der Waals surface area contributed by atoms with Gasteiger partial charge in [-0.1, -0.05) is 12.1 Å². The molecule has 0 aromatic heterocycles. The molecule has 1 N–H and O–H groups in total. The first kappa shape index (κ1) is 14.5. The molecule has 0 fully saturated rings. The zero-order chi connectivity index (χ0) is 13.9. The van der Waals surface area contributed by atoms with Crippen molar-refractivity contribution in [2.24, 2.45) is 0 Å². The molecule has 5 nitrogen and oxygen atoms in total. The van der Waals surface area contributed by atoms with Gasteiger partial charge in [0.1, 0.15) is 6.04 Å². The summed E-state index contributed by atoms with van der Waals surface area (Å²) in [6.07, 6.45) is 1.09. The predicted octanol–water partition coefficient (Wildman–Crippen LogP) is 0.896. The number of carbonyl (C=O) groups excluding carboxylic acids is 1. The topological polar surface area (TPSA) is 66.5 Å². The monoisotopic (exact) mass is 270 g/mol. The first-order valence-corrected chi connectivity index (χ1v) is 7.40. The van der Waals surface area contributed by atoms with Crippen LogP contribution in [0.5, 0.6) is 0 Å². The number of carbonyl (C=O) groups is 1. The van der Waals surface area contributed by atoms with Crippen LogP contribution in [0.3, 0.4) is 0 Å². The Labute approximate surface area is 108 Å². The van der Waals surface area contributed by atoms with E-state index >= 15 is 0 Å². The highest BCUT2D eigenvalue weighted by atomic mass is 32.2. The van der Waals surface area contributed by atoms with Crippen molar-refractivity contribution in [3.05, 3.63) is 29.8 Å². The van der Waals surface area contributed by atoms with E-state index < -0.39 is 16.1 Å². The first-order valence-electron chi connectivity index (χ1n) is 5.55. The molecule has 0 aliphatic heterocycles. The Bertz CT molecular complexity index is 540. The molecule has 0 saturated heterocycles. The van der Waals surface area contributed by atoms with Crippen molar-refractivity contribution in [2.45, 2.75) is 19.9 Å². The number of sulfonamides is 1. The first-order chi connectivity index (χ1) is 8.27. The molecule has 0 radical (unpaired) electrons. The van der Waals surface area contributed by atoms with Crippen LogP contribution >= 0.6 is 0 Å². The van der Waals surface area contributed by atoms with Crippen molar-refractivity contribution in [2.75, 3.05) is 17.6 Å². The fourth-order valence-corrected chi connectivity index (χ4v) is 2.95. The van der Waals surface area contributed by atoms with Gasteiger partial charge in [-0.2, -0.15) is 0 Å². The molecule has 0 saturated carbocycles. The van der Waals surface area contributed by atoms with Gasteiger partial charge in [-0.3, -0.25) is 9.10 Å². The quantitative estimate of drug-likeness (QED) is 0.884. The van der Waals surface area contributed by atoms with Crippen molar-refractivity contribution in [1.29, 1.82) is 0 Å². The van der Waals surface area contributed by atoms with E-state index in [1.807, 2.05) is 13.0 Å². The molecule has 1 unspecified atom stereocenters. The van der Waals surface area contributed by atoms with E-state index in [-0.39, 0.29) is 5.91 Å². The SMILES string of the molecule is CNC(=O)C(C)N(c1cccc(C)c1)S(C)(=O)=O. The zero-order valence-electron chi connectivity index (χ0n) is 11.0. The highest BCUT2D eigenvalue weighted by Crippen LogP contribution is 2.21. The smallest absolute Gasteiger partial charge is 0.243 e. The number of nitrogens with zero attached hydrogens (tertiary/aromatic N) is 1. The van der Waals surface area contributed by atoms with Crippen LogP contribution in [0.2, 0.25) is 0 Å². The normalized spacial score (nSPS) is 12.9. The number of aryl methyl sites for hydroxylation is 1. The molecule has 1 aromatic rings. The standard InChI is InChI=1S/C12H18N2O3S/c1-9-6-5-7-11(8-9)14(18(4,16)17)10(2)12(15)13-3/h5-8,10H,1-4H3,(H,13,15). The molecule has 1 atom stereocenters. The van der Waals surface area contributed by atoms with E-state index in [1.54, 1.807) is 25.1 Å². The Hall–Kier alpha value is -1.56. The number of likely N-dealkylation sites (N-methyl/N-ethyl adjacent to an activating group) is 1. The number of nitrogens with one attached hydrogen (secondary N) is 1. The number of amides is 1. The minimum atomic E-state index is -3.52. The molecule has 1 aromatic carbocycles. The van der Waals surface area contributed by atoms with E-state index in [2.05, 4.69) is 5.32 Å². The number of hydrogen-bond donors (Lipinski definition) is 1. The van der Waals surface area contributed by atoms with Crippen LogP contribution in [-0.4, -0.2) is 33.7 Å². The number of hydrogen-bond acceptors (Lipinski definition) is 3. The molecule has 1 rings (SSSR count). The summed E-state index contributed by atoms with van der Waals surface area (Å²) in [6.45, 7) is 3.43. The molecule has 0 aliphatic rings. The molecule has 0 aliphatic carbocycles. The van der Waals surface area contributed by atoms with Gasteiger partial charge < -0.3 is 5.32 Å². The Morgan fingerprint density at radius 3 is 2.44 bits per heavy atom. The van der Waals surface area contributed by atoms with Gasteiger partial charge in [0, 0.05) is 7.05 Å². The average molecular weight is 270 g/mol. The second kappa shape index (κ2) is 5.39. The van der Waals surface area contributed by atoms with Crippen molar-refractivity contribution in [3.63, 3.8) is 0 Å². The second-order valence-corrected chi connectivity index (χ2v) is 6.05. The van der Waals surface area contributed by atoms with Crippen LogP contribution in [0.1, 0.15) is 12.5 Å². The third kappa shape index (κ3) is 3.22. The molecule has 18 heavy (non-hydrogen) atoms. The van der Waals surface area contributed by atoms with Crippen LogP contribution in [-0.2, 0) is 14.8 Å². The van der Waals surface area contributed by atoms with E-state index in [0.717, 1.165) is 16.1 Å². The third-order valence-corrected chi connectivity index (χ3v) is 3.83. The number of anilines is 1. The van der Waals surface area contributed by atoms with Crippen molar-refractivity contribution in [1.82, 2.24) is 5.32 Å². The van der Waals surface area contributed by atoms with E-state index in [1.165, 1.54) is 7.05 Å². The summed E-state index contributed by atoms with van der Waals surface area (Å²) in [6, 6.07) is 6.26. The summed E-state index contributed by atoms with van der Waals surface area (Å²) in [5.41, 5.74) is 1.43. The van der Waals surface area contributed by atoms with Crippen LogP contribution in [0.4, 0.5) is 5.69 Å². The van der Waals surface area contributed by atoms with Gasteiger partial charge in [-0.05, 0) is 31.5 Å². The predicted molar refractivity (Wildman–Crippen MR) is 72.0 cm³/mol. The summed E-state index contributed by atoms with van der Waals surface area (Å²) < 4.78 is 24.8. The maximum Gasteiger partial charge on any atom is 0.243 e. The molecule has 0 spiro atoms. The van der Waals surface area contributed by atoms with Gasteiger partial charge in [0.15, 0.2) is 0 Å². The second-order valence-electron chi connectivity index (χ2n) is 4.19. The summed E-state index contributed by atoms with van der Waals surface area (Å²) in [5, 5.41) is 2.46. The lowest BCUT2D eigenvalue weighted by molar-refractivity contribution is -0.121. The molecule has 1 amide bonds. The lowest BCUT2D eigenvalue weighted by atomic mass is 10.2. The van der Waals surface area contributed by atoms with Gasteiger partial charge in [0.2, 0.25) is 15.9 Å². The van der Waals surface area contributed by atoms with Crippen molar-refractivity contribution < 1.29 is 13.2 Å². The Balaban J connectivity index is 3.27. The van der Waals surface area contributed by atoms with Crippen LogP contribution in [0.25, 0.3) is 0 Å². The van der Waals surface area contributed by atoms with Crippen LogP contribution < -0.4 is 9.62 Å².